The standard InChI is InChI=1S/C16H15ClN4S2/c1-9(19)5-13-14(17)15-16(23-13)12(6-10(7-18)21-15)20-8-11-3-2-4-22-11/h2-4,6,9H,5,8,19H2,1H3,(H,20,21)/t9-/m0/s1. The van der Waals surface area contributed by atoms with Crippen LogP contribution in [-0.2, 0) is 13.0 Å². The van der Waals surface area contributed by atoms with Crippen LogP contribution in [0.15, 0.2) is 23.6 Å². The largest absolute Gasteiger partial charge is 0.379 e. The number of hydrogen-bond acceptors (Lipinski definition) is 6. The summed E-state index contributed by atoms with van der Waals surface area (Å²) in [5, 5.41) is 15.3. The Morgan fingerprint density at radius 1 is 1.52 bits per heavy atom. The molecule has 3 heterocycles. The summed E-state index contributed by atoms with van der Waals surface area (Å²) in [7, 11) is 0. The molecule has 3 aromatic heterocycles. The topological polar surface area (TPSA) is 74.7 Å². The van der Waals surface area contributed by atoms with Crippen LogP contribution in [0.1, 0.15) is 22.4 Å². The maximum absolute atomic E-state index is 9.22. The number of rotatable bonds is 5. The van der Waals surface area contributed by atoms with Crippen LogP contribution in [0.3, 0.4) is 0 Å². The highest BCUT2D eigenvalue weighted by Gasteiger charge is 2.17. The molecule has 0 aliphatic carbocycles. The van der Waals surface area contributed by atoms with Crippen LogP contribution in [0.4, 0.5) is 5.69 Å². The average Bonchev–Trinajstić information content (AvgIpc) is 3.14. The van der Waals surface area contributed by atoms with Gasteiger partial charge in [0.15, 0.2) is 0 Å². The molecule has 3 rings (SSSR count). The van der Waals surface area contributed by atoms with Crippen molar-refractivity contribution in [2.75, 3.05) is 5.32 Å². The van der Waals surface area contributed by atoms with Gasteiger partial charge in [0, 0.05) is 22.3 Å². The minimum Gasteiger partial charge on any atom is -0.379 e. The molecule has 0 amide bonds. The van der Waals surface area contributed by atoms with Crippen LogP contribution >= 0.6 is 34.3 Å². The van der Waals surface area contributed by atoms with Crippen LogP contribution in [0.25, 0.3) is 10.2 Å². The number of hydrogen-bond donors (Lipinski definition) is 2. The molecule has 4 nitrogen and oxygen atoms in total. The first kappa shape index (κ1) is 16.2. The smallest absolute Gasteiger partial charge is 0.143 e. The Labute approximate surface area is 147 Å². The molecule has 0 aliphatic rings. The lowest BCUT2D eigenvalue weighted by atomic mass is 10.2. The maximum atomic E-state index is 9.22. The third kappa shape index (κ3) is 3.48. The van der Waals surface area contributed by atoms with Crippen LogP contribution in [0.2, 0.25) is 5.02 Å². The van der Waals surface area contributed by atoms with Crippen LogP contribution < -0.4 is 11.1 Å². The lowest BCUT2D eigenvalue weighted by Gasteiger charge is -2.06. The van der Waals surface area contributed by atoms with Gasteiger partial charge in [0.1, 0.15) is 17.3 Å². The SMILES string of the molecule is C[C@H](N)Cc1sc2c(NCc3cccs3)cc(C#N)nc2c1Cl. The van der Waals surface area contributed by atoms with Crippen molar-refractivity contribution in [3.05, 3.63) is 44.1 Å². The van der Waals surface area contributed by atoms with Gasteiger partial charge in [-0.25, -0.2) is 4.98 Å². The first-order valence-electron chi connectivity index (χ1n) is 7.12. The summed E-state index contributed by atoms with van der Waals surface area (Å²) < 4.78 is 0.973. The molecule has 0 bridgehead atoms. The summed E-state index contributed by atoms with van der Waals surface area (Å²) in [6, 6.07) is 8.00. The zero-order valence-corrected chi connectivity index (χ0v) is 14.9. The minimum atomic E-state index is 0.0264. The summed E-state index contributed by atoms with van der Waals surface area (Å²) in [6.45, 7) is 2.66. The number of pyridine rings is 1. The van der Waals surface area contributed by atoms with Crippen molar-refractivity contribution >= 4 is 50.2 Å². The predicted molar refractivity (Wildman–Crippen MR) is 98.3 cm³/mol. The first-order valence-corrected chi connectivity index (χ1v) is 9.19. The number of nitrogens with zero attached hydrogens (tertiary/aromatic N) is 2. The molecule has 0 fully saturated rings. The molecule has 0 aromatic carbocycles. The fourth-order valence-electron chi connectivity index (χ4n) is 2.29. The molecule has 0 aliphatic heterocycles. The summed E-state index contributed by atoms with van der Waals surface area (Å²) in [4.78, 5) is 6.61. The molecule has 7 heteroatoms. The quantitative estimate of drug-likeness (QED) is 0.706. The van der Waals surface area contributed by atoms with Crippen LogP contribution in [-0.4, -0.2) is 11.0 Å². The number of anilines is 1. The molecule has 3 aromatic rings. The molecule has 118 valence electrons. The van der Waals surface area contributed by atoms with Gasteiger partial charge in [0.25, 0.3) is 0 Å². The third-order valence-electron chi connectivity index (χ3n) is 3.31. The van der Waals surface area contributed by atoms with E-state index in [2.05, 4.69) is 22.4 Å². The minimum absolute atomic E-state index is 0.0264. The Morgan fingerprint density at radius 2 is 2.35 bits per heavy atom. The van der Waals surface area contributed by atoms with Gasteiger partial charge < -0.3 is 11.1 Å². The van der Waals surface area contributed by atoms with E-state index in [1.807, 2.05) is 18.4 Å². The molecule has 0 radical (unpaired) electrons. The zero-order valence-electron chi connectivity index (χ0n) is 12.5. The highest BCUT2D eigenvalue weighted by Crippen LogP contribution is 2.39. The van der Waals surface area contributed by atoms with Gasteiger partial charge in [-0.1, -0.05) is 17.7 Å². The second kappa shape index (κ2) is 6.85. The predicted octanol–water partition coefficient (Wildman–Crippen LogP) is 4.38. The second-order valence-electron chi connectivity index (χ2n) is 5.30. The maximum Gasteiger partial charge on any atom is 0.143 e. The van der Waals surface area contributed by atoms with Gasteiger partial charge in [0.05, 0.1) is 15.4 Å². The van der Waals surface area contributed by atoms with Gasteiger partial charge in [0.2, 0.25) is 0 Å². The zero-order chi connectivity index (χ0) is 16.4. The summed E-state index contributed by atoms with van der Waals surface area (Å²) in [6.07, 6.45) is 0.701. The average molecular weight is 363 g/mol. The molecule has 0 saturated heterocycles. The monoisotopic (exact) mass is 362 g/mol. The summed E-state index contributed by atoms with van der Waals surface area (Å²) in [5.74, 6) is 0. The fraction of sp³-hybridized carbons (Fsp3) is 0.250. The fourth-order valence-corrected chi connectivity index (χ4v) is 4.59. The molecule has 23 heavy (non-hydrogen) atoms. The Kier molecular flexibility index (Phi) is 4.83. The van der Waals surface area contributed by atoms with Crippen molar-refractivity contribution in [2.24, 2.45) is 5.73 Å². The highest BCUT2D eigenvalue weighted by atomic mass is 35.5. The van der Waals surface area contributed by atoms with E-state index in [9.17, 15) is 5.26 Å². The number of halogens is 1. The van der Waals surface area contributed by atoms with Gasteiger partial charge in [-0.2, -0.15) is 5.26 Å². The summed E-state index contributed by atoms with van der Waals surface area (Å²) >= 11 is 9.74. The number of nitrogens with one attached hydrogen (secondary N) is 1. The molecule has 0 unspecified atom stereocenters. The van der Waals surface area contributed by atoms with E-state index in [-0.39, 0.29) is 6.04 Å². The Balaban J connectivity index is 2.02. The lowest BCUT2D eigenvalue weighted by molar-refractivity contribution is 0.747. The number of aromatic nitrogens is 1. The van der Waals surface area contributed by atoms with Gasteiger partial charge >= 0.3 is 0 Å². The van der Waals surface area contributed by atoms with Crippen molar-refractivity contribution < 1.29 is 0 Å². The van der Waals surface area contributed by atoms with Gasteiger partial charge in [-0.05, 0) is 30.9 Å². The number of nitriles is 1. The number of fused-ring (bicyclic) bond motifs is 1. The van der Waals surface area contributed by atoms with E-state index in [0.717, 1.165) is 15.3 Å². The Hall–Kier alpha value is -1.65. The summed E-state index contributed by atoms with van der Waals surface area (Å²) in [5.41, 5.74) is 7.82. The van der Waals surface area contributed by atoms with Crippen molar-refractivity contribution in [1.82, 2.24) is 4.98 Å². The molecule has 0 saturated carbocycles. The molecule has 1 atom stereocenters. The molecular weight excluding hydrogens is 348 g/mol. The molecular formula is C16H15ClN4S2. The van der Waals surface area contributed by atoms with Crippen LogP contribution in [0, 0.1) is 11.3 Å². The van der Waals surface area contributed by atoms with E-state index in [1.54, 1.807) is 28.7 Å². The Morgan fingerprint density at radius 3 is 3.00 bits per heavy atom. The van der Waals surface area contributed by atoms with E-state index in [4.69, 9.17) is 17.3 Å². The van der Waals surface area contributed by atoms with Crippen molar-refractivity contribution in [2.45, 2.75) is 25.9 Å². The van der Waals surface area contributed by atoms with Gasteiger partial charge in [-0.15, -0.1) is 22.7 Å². The Bertz CT molecular complexity index is 862. The number of nitrogens with two attached hydrogens (primary N) is 1. The first-order chi connectivity index (χ1) is 11.1. The van der Waals surface area contributed by atoms with Crippen molar-refractivity contribution in [3.8, 4) is 6.07 Å². The molecule has 0 spiro atoms. The van der Waals surface area contributed by atoms with Gasteiger partial charge in [-0.3, -0.25) is 0 Å². The van der Waals surface area contributed by atoms with E-state index in [1.165, 1.54) is 4.88 Å². The third-order valence-corrected chi connectivity index (χ3v) is 5.94. The van der Waals surface area contributed by atoms with Crippen LogP contribution in [0.5, 0.6) is 0 Å². The van der Waals surface area contributed by atoms with Crippen molar-refractivity contribution in [3.63, 3.8) is 0 Å². The van der Waals surface area contributed by atoms with Crippen molar-refractivity contribution in [1.29, 1.82) is 5.26 Å². The molecule has 3 N–H and O–H groups in total. The normalized spacial score (nSPS) is 12.3. The van der Waals surface area contributed by atoms with E-state index in [0.29, 0.717) is 29.2 Å². The van der Waals surface area contributed by atoms with E-state index < -0.39 is 0 Å². The number of thiophene rings is 2. The highest BCUT2D eigenvalue weighted by molar-refractivity contribution is 7.20. The van der Waals surface area contributed by atoms with E-state index >= 15 is 0 Å². The lowest BCUT2D eigenvalue weighted by Crippen LogP contribution is -2.17. The second-order valence-corrected chi connectivity index (χ2v) is 7.81.